The largest absolute Gasteiger partial charge is 0.339 e. The number of piperazine rings is 1. The quantitative estimate of drug-likeness (QED) is 0.800. The van der Waals surface area contributed by atoms with E-state index in [2.05, 4.69) is 24.1 Å². The predicted octanol–water partition coefficient (Wildman–Crippen LogP) is 2.80. The third-order valence-corrected chi connectivity index (χ3v) is 5.78. The van der Waals surface area contributed by atoms with Crippen molar-refractivity contribution in [1.29, 1.82) is 0 Å². The molecule has 0 radical (unpaired) electrons. The molecule has 1 heterocycles. The van der Waals surface area contributed by atoms with Gasteiger partial charge in [-0.3, -0.25) is 4.79 Å². The molecule has 3 atom stereocenters. The number of carbonyl (C=O) groups is 1. The van der Waals surface area contributed by atoms with E-state index in [1.54, 1.807) is 0 Å². The Bertz CT molecular complexity index is 364. The smallest absolute Gasteiger partial charge is 0.226 e. The molecule has 3 fully saturated rings. The van der Waals surface area contributed by atoms with Gasteiger partial charge < -0.3 is 10.2 Å². The molecule has 3 nitrogen and oxygen atoms in total. The van der Waals surface area contributed by atoms with Gasteiger partial charge in [-0.2, -0.15) is 0 Å². The van der Waals surface area contributed by atoms with E-state index in [1.807, 2.05) is 0 Å². The number of amides is 1. The Hall–Kier alpha value is -0.570. The van der Waals surface area contributed by atoms with E-state index in [1.165, 1.54) is 38.5 Å². The molecule has 20 heavy (non-hydrogen) atoms. The normalized spacial score (nSPS) is 37.3. The Morgan fingerprint density at radius 1 is 1.10 bits per heavy atom. The standard InChI is InChI=1S/C17H30N2O/c1-17(2)12-19(11-10-18-17)16(20)15-9-5-7-13-6-3-4-8-14(13)15/h13-15,18H,3-12H2,1-2H3. The fourth-order valence-electron chi connectivity index (χ4n) is 4.81. The van der Waals surface area contributed by atoms with E-state index in [4.69, 9.17) is 0 Å². The number of hydrogen-bond donors (Lipinski definition) is 1. The number of nitrogens with one attached hydrogen (secondary N) is 1. The van der Waals surface area contributed by atoms with Crippen LogP contribution in [-0.4, -0.2) is 36.0 Å². The second-order valence-corrected chi connectivity index (χ2v) is 7.82. The van der Waals surface area contributed by atoms with Crippen LogP contribution in [0.1, 0.15) is 58.8 Å². The second-order valence-electron chi connectivity index (χ2n) is 7.82. The molecule has 0 spiro atoms. The Labute approximate surface area is 123 Å². The molecular weight excluding hydrogens is 248 g/mol. The van der Waals surface area contributed by atoms with Crippen LogP contribution in [0.5, 0.6) is 0 Å². The molecule has 0 aromatic heterocycles. The van der Waals surface area contributed by atoms with Crippen molar-refractivity contribution in [3.8, 4) is 0 Å². The zero-order chi connectivity index (χ0) is 14.2. The van der Waals surface area contributed by atoms with Gasteiger partial charge in [0, 0.05) is 31.1 Å². The molecule has 2 saturated carbocycles. The van der Waals surface area contributed by atoms with Crippen molar-refractivity contribution in [2.45, 2.75) is 64.3 Å². The lowest BCUT2D eigenvalue weighted by molar-refractivity contribution is -0.142. The summed E-state index contributed by atoms with van der Waals surface area (Å²) in [5.41, 5.74) is 0.0779. The average Bonchev–Trinajstić information content (AvgIpc) is 2.45. The molecule has 1 saturated heterocycles. The molecular formula is C17H30N2O. The summed E-state index contributed by atoms with van der Waals surface area (Å²) in [6, 6.07) is 0. The van der Waals surface area contributed by atoms with Crippen molar-refractivity contribution in [3.63, 3.8) is 0 Å². The molecule has 1 aliphatic heterocycles. The molecule has 1 amide bonds. The van der Waals surface area contributed by atoms with Gasteiger partial charge in [-0.15, -0.1) is 0 Å². The number of fused-ring (bicyclic) bond motifs is 1. The van der Waals surface area contributed by atoms with Crippen LogP contribution in [0.25, 0.3) is 0 Å². The minimum atomic E-state index is 0.0779. The number of hydrogen-bond acceptors (Lipinski definition) is 2. The molecule has 3 rings (SSSR count). The van der Waals surface area contributed by atoms with E-state index < -0.39 is 0 Å². The lowest BCUT2D eigenvalue weighted by atomic mass is 9.65. The van der Waals surface area contributed by atoms with Crippen LogP contribution in [-0.2, 0) is 4.79 Å². The van der Waals surface area contributed by atoms with Gasteiger partial charge in [-0.1, -0.05) is 32.1 Å². The highest BCUT2D eigenvalue weighted by atomic mass is 16.2. The van der Waals surface area contributed by atoms with E-state index in [0.29, 0.717) is 17.7 Å². The Morgan fingerprint density at radius 3 is 2.65 bits per heavy atom. The second kappa shape index (κ2) is 5.67. The van der Waals surface area contributed by atoms with Crippen molar-refractivity contribution in [2.75, 3.05) is 19.6 Å². The van der Waals surface area contributed by atoms with Crippen LogP contribution in [0, 0.1) is 17.8 Å². The van der Waals surface area contributed by atoms with Crippen molar-refractivity contribution in [2.24, 2.45) is 17.8 Å². The minimum Gasteiger partial charge on any atom is -0.339 e. The molecule has 0 aromatic carbocycles. The van der Waals surface area contributed by atoms with Crippen molar-refractivity contribution in [1.82, 2.24) is 10.2 Å². The zero-order valence-electron chi connectivity index (χ0n) is 13.2. The predicted molar refractivity (Wildman–Crippen MR) is 81.5 cm³/mol. The van der Waals surface area contributed by atoms with Gasteiger partial charge in [0.05, 0.1) is 0 Å². The maximum Gasteiger partial charge on any atom is 0.226 e. The minimum absolute atomic E-state index is 0.0779. The van der Waals surface area contributed by atoms with E-state index in [-0.39, 0.29) is 5.54 Å². The summed E-state index contributed by atoms with van der Waals surface area (Å²) in [5, 5.41) is 3.51. The van der Waals surface area contributed by atoms with Gasteiger partial charge in [0.1, 0.15) is 0 Å². The van der Waals surface area contributed by atoms with Gasteiger partial charge in [0.15, 0.2) is 0 Å². The highest BCUT2D eigenvalue weighted by molar-refractivity contribution is 5.79. The lowest BCUT2D eigenvalue weighted by Crippen LogP contribution is -2.60. The fourth-order valence-corrected chi connectivity index (χ4v) is 4.81. The molecule has 3 unspecified atom stereocenters. The summed E-state index contributed by atoms with van der Waals surface area (Å²) in [6.07, 6.45) is 9.21. The van der Waals surface area contributed by atoms with Gasteiger partial charge in [-0.05, 0) is 38.5 Å². The van der Waals surface area contributed by atoms with Crippen LogP contribution in [0.2, 0.25) is 0 Å². The summed E-state index contributed by atoms with van der Waals surface area (Å²) in [6.45, 7) is 7.13. The van der Waals surface area contributed by atoms with Gasteiger partial charge in [-0.25, -0.2) is 0 Å². The maximum atomic E-state index is 13.0. The van der Waals surface area contributed by atoms with Crippen molar-refractivity contribution in [3.05, 3.63) is 0 Å². The molecule has 114 valence electrons. The fraction of sp³-hybridized carbons (Fsp3) is 0.941. The van der Waals surface area contributed by atoms with E-state index in [0.717, 1.165) is 32.0 Å². The lowest BCUT2D eigenvalue weighted by Gasteiger charge is -2.45. The molecule has 0 bridgehead atoms. The number of rotatable bonds is 1. The first-order valence-corrected chi connectivity index (χ1v) is 8.61. The topological polar surface area (TPSA) is 32.3 Å². The molecule has 3 aliphatic rings. The van der Waals surface area contributed by atoms with Crippen LogP contribution in [0.3, 0.4) is 0 Å². The van der Waals surface area contributed by atoms with Crippen LogP contribution in [0.4, 0.5) is 0 Å². The van der Waals surface area contributed by atoms with Crippen LogP contribution >= 0.6 is 0 Å². The highest BCUT2D eigenvalue weighted by Crippen LogP contribution is 2.44. The molecule has 0 aromatic rings. The van der Waals surface area contributed by atoms with Gasteiger partial charge in [0.2, 0.25) is 5.91 Å². The monoisotopic (exact) mass is 278 g/mol. The third-order valence-electron chi connectivity index (χ3n) is 5.78. The summed E-state index contributed by atoms with van der Waals surface area (Å²) in [5.74, 6) is 2.35. The summed E-state index contributed by atoms with van der Waals surface area (Å²) in [7, 11) is 0. The maximum absolute atomic E-state index is 13.0. The summed E-state index contributed by atoms with van der Waals surface area (Å²) >= 11 is 0. The first kappa shape index (κ1) is 14.4. The highest BCUT2D eigenvalue weighted by Gasteiger charge is 2.41. The Morgan fingerprint density at radius 2 is 1.85 bits per heavy atom. The Kier molecular flexibility index (Phi) is 4.07. The van der Waals surface area contributed by atoms with Crippen molar-refractivity contribution >= 4 is 5.91 Å². The first-order chi connectivity index (χ1) is 9.57. The number of carbonyl (C=O) groups excluding carboxylic acids is 1. The number of nitrogens with zero attached hydrogens (tertiary/aromatic N) is 1. The summed E-state index contributed by atoms with van der Waals surface area (Å²) in [4.78, 5) is 15.1. The van der Waals surface area contributed by atoms with Crippen LogP contribution < -0.4 is 5.32 Å². The average molecular weight is 278 g/mol. The third kappa shape index (κ3) is 2.88. The van der Waals surface area contributed by atoms with Crippen molar-refractivity contribution < 1.29 is 4.79 Å². The van der Waals surface area contributed by atoms with Gasteiger partial charge in [0.25, 0.3) is 0 Å². The Balaban J connectivity index is 1.69. The first-order valence-electron chi connectivity index (χ1n) is 8.61. The SMILES string of the molecule is CC1(C)CN(C(=O)C2CCCC3CCCCC32)CCN1. The van der Waals surface area contributed by atoms with Gasteiger partial charge >= 0.3 is 0 Å². The van der Waals surface area contributed by atoms with E-state index in [9.17, 15) is 4.79 Å². The molecule has 1 N–H and O–H groups in total. The van der Waals surface area contributed by atoms with Crippen LogP contribution in [0.15, 0.2) is 0 Å². The summed E-state index contributed by atoms with van der Waals surface area (Å²) < 4.78 is 0. The van der Waals surface area contributed by atoms with E-state index >= 15 is 0 Å². The zero-order valence-corrected chi connectivity index (χ0v) is 13.2. The molecule has 2 aliphatic carbocycles. The molecule has 3 heteroatoms.